The van der Waals surface area contributed by atoms with E-state index in [-0.39, 0.29) is 0 Å². The minimum Gasteiger partial charge on any atom is -0.495 e. The number of fused-ring (bicyclic) bond motifs is 3. The number of nitrogens with one attached hydrogen (secondary N) is 1. The van der Waals surface area contributed by atoms with E-state index in [0.717, 1.165) is 36.0 Å². The van der Waals surface area contributed by atoms with E-state index < -0.39 is 0 Å². The number of anilines is 1. The minimum absolute atomic E-state index is 0.727. The predicted molar refractivity (Wildman–Crippen MR) is 73.2 cm³/mol. The van der Waals surface area contributed by atoms with Gasteiger partial charge in [-0.1, -0.05) is 18.6 Å². The molecule has 2 nitrogen and oxygen atoms in total. The van der Waals surface area contributed by atoms with Gasteiger partial charge in [-0.15, -0.1) is 0 Å². The number of para-hydroxylation sites is 1. The van der Waals surface area contributed by atoms with Gasteiger partial charge in [0.1, 0.15) is 5.75 Å². The van der Waals surface area contributed by atoms with E-state index in [4.69, 9.17) is 4.74 Å². The maximum Gasteiger partial charge on any atom is 0.142 e. The second kappa shape index (κ2) is 3.91. The molecule has 2 saturated carbocycles. The number of hydrogen-bond acceptors (Lipinski definition) is 2. The second-order valence-corrected chi connectivity index (χ2v) is 6.25. The molecule has 18 heavy (non-hydrogen) atoms. The molecule has 2 bridgehead atoms. The van der Waals surface area contributed by atoms with Crippen molar-refractivity contribution < 1.29 is 4.74 Å². The van der Waals surface area contributed by atoms with Crippen LogP contribution in [0.5, 0.6) is 5.75 Å². The summed E-state index contributed by atoms with van der Waals surface area (Å²) < 4.78 is 5.47. The van der Waals surface area contributed by atoms with Crippen LogP contribution in [0.4, 0.5) is 5.69 Å². The van der Waals surface area contributed by atoms with E-state index in [0.29, 0.717) is 0 Å². The largest absolute Gasteiger partial charge is 0.495 e. The van der Waals surface area contributed by atoms with Crippen molar-refractivity contribution >= 4 is 5.69 Å². The lowest BCUT2D eigenvalue weighted by Gasteiger charge is -2.27. The first kappa shape index (κ1) is 10.7. The van der Waals surface area contributed by atoms with E-state index in [2.05, 4.69) is 23.5 Å². The Balaban J connectivity index is 1.67. The zero-order valence-corrected chi connectivity index (χ0v) is 11.0. The molecule has 1 N–H and O–H groups in total. The van der Waals surface area contributed by atoms with Crippen LogP contribution in [0.1, 0.15) is 37.2 Å². The Kier molecular flexibility index (Phi) is 2.33. The fraction of sp³-hybridized carbons (Fsp3) is 0.625. The first-order chi connectivity index (χ1) is 8.86. The summed E-state index contributed by atoms with van der Waals surface area (Å²) >= 11 is 0. The van der Waals surface area contributed by atoms with Gasteiger partial charge < -0.3 is 10.1 Å². The Hall–Kier alpha value is -1.18. The van der Waals surface area contributed by atoms with Gasteiger partial charge in [-0.05, 0) is 48.6 Å². The van der Waals surface area contributed by atoms with E-state index in [1.165, 1.54) is 36.9 Å². The molecule has 2 aliphatic carbocycles. The Morgan fingerprint density at radius 3 is 2.89 bits per heavy atom. The van der Waals surface area contributed by atoms with Gasteiger partial charge in [0, 0.05) is 12.5 Å². The Labute approximate surface area is 109 Å². The van der Waals surface area contributed by atoms with Gasteiger partial charge >= 0.3 is 0 Å². The molecule has 0 saturated heterocycles. The molecule has 0 radical (unpaired) electrons. The number of ether oxygens (including phenoxy) is 1. The molecular formula is C16H21NO. The van der Waals surface area contributed by atoms with Gasteiger partial charge in [0.25, 0.3) is 0 Å². The van der Waals surface area contributed by atoms with Crippen molar-refractivity contribution in [2.45, 2.75) is 31.6 Å². The third kappa shape index (κ3) is 1.41. The van der Waals surface area contributed by atoms with Gasteiger partial charge in [-0.2, -0.15) is 0 Å². The third-order valence-corrected chi connectivity index (χ3v) is 5.49. The number of hydrogen-bond donors (Lipinski definition) is 1. The Bertz CT molecular complexity index is 470. The maximum absolute atomic E-state index is 5.47. The lowest BCUT2D eigenvalue weighted by molar-refractivity contribution is 0.292. The average molecular weight is 243 g/mol. The summed E-state index contributed by atoms with van der Waals surface area (Å²) in [6, 6.07) is 6.51. The van der Waals surface area contributed by atoms with Gasteiger partial charge in [-0.3, -0.25) is 0 Å². The molecule has 96 valence electrons. The summed E-state index contributed by atoms with van der Waals surface area (Å²) in [5, 5.41) is 3.58. The van der Waals surface area contributed by atoms with Gasteiger partial charge in [0.05, 0.1) is 12.8 Å². The van der Waals surface area contributed by atoms with Crippen LogP contribution in [0.2, 0.25) is 0 Å². The minimum atomic E-state index is 0.727. The van der Waals surface area contributed by atoms with Gasteiger partial charge in [0.15, 0.2) is 0 Å². The monoisotopic (exact) mass is 243 g/mol. The smallest absolute Gasteiger partial charge is 0.142 e. The van der Waals surface area contributed by atoms with E-state index in [1.54, 1.807) is 7.11 Å². The van der Waals surface area contributed by atoms with Crippen LogP contribution in [0.3, 0.4) is 0 Å². The number of methoxy groups -OCH3 is 1. The lowest BCUT2D eigenvalue weighted by atomic mass is 9.77. The number of benzene rings is 1. The van der Waals surface area contributed by atoms with Crippen LogP contribution in [-0.2, 0) is 0 Å². The molecule has 0 aromatic heterocycles. The fourth-order valence-electron chi connectivity index (χ4n) is 4.71. The molecule has 1 aromatic rings. The molecule has 0 amide bonds. The summed E-state index contributed by atoms with van der Waals surface area (Å²) in [6.45, 7) is 1.11. The standard InChI is InChI=1S/C16H21NO/c1-18-15-4-2-3-12-14(9-17-16(12)15)13-8-10-5-6-11(13)7-10/h2-4,10-11,13-14,17H,5-9H2,1H3. The van der Waals surface area contributed by atoms with Crippen LogP contribution >= 0.6 is 0 Å². The Morgan fingerprint density at radius 2 is 2.17 bits per heavy atom. The highest BCUT2D eigenvalue weighted by atomic mass is 16.5. The molecule has 2 fully saturated rings. The van der Waals surface area contributed by atoms with Crippen molar-refractivity contribution in [2.24, 2.45) is 17.8 Å². The highest BCUT2D eigenvalue weighted by molar-refractivity contribution is 5.67. The number of rotatable bonds is 2. The molecule has 4 rings (SSSR count). The highest BCUT2D eigenvalue weighted by Crippen LogP contribution is 2.55. The Morgan fingerprint density at radius 1 is 1.22 bits per heavy atom. The average Bonchev–Trinajstić information content (AvgIpc) is 3.11. The summed E-state index contributed by atoms with van der Waals surface area (Å²) in [7, 11) is 1.77. The summed E-state index contributed by atoms with van der Waals surface area (Å²) in [5.74, 6) is 4.70. The topological polar surface area (TPSA) is 21.3 Å². The zero-order valence-electron chi connectivity index (χ0n) is 11.0. The predicted octanol–water partition coefficient (Wildman–Crippen LogP) is 3.64. The van der Waals surface area contributed by atoms with Crippen molar-refractivity contribution in [1.82, 2.24) is 0 Å². The second-order valence-electron chi connectivity index (χ2n) is 6.25. The van der Waals surface area contributed by atoms with E-state index in [1.807, 2.05) is 0 Å². The SMILES string of the molecule is COc1cccc2c1NCC2C1CC2CCC1C2. The first-order valence-electron chi connectivity index (χ1n) is 7.27. The van der Waals surface area contributed by atoms with E-state index >= 15 is 0 Å². The first-order valence-corrected chi connectivity index (χ1v) is 7.27. The summed E-state index contributed by atoms with van der Waals surface area (Å²) in [5.41, 5.74) is 2.76. The van der Waals surface area contributed by atoms with Crippen molar-refractivity contribution in [2.75, 3.05) is 19.0 Å². The van der Waals surface area contributed by atoms with Crippen molar-refractivity contribution in [1.29, 1.82) is 0 Å². The molecule has 1 aliphatic heterocycles. The van der Waals surface area contributed by atoms with Gasteiger partial charge in [-0.25, -0.2) is 0 Å². The molecular weight excluding hydrogens is 222 g/mol. The van der Waals surface area contributed by atoms with Gasteiger partial charge in [0.2, 0.25) is 0 Å². The van der Waals surface area contributed by atoms with Crippen LogP contribution < -0.4 is 10.1 Å². The van der Waals surface area contributed by atoms with Crippen LogP contribution in [0.25, 0.3) is 0 Å². The summed E-state index contributed by atoms with van der Waals surface area (Å²) in [4.78, 5) is 0. The van der Waals surface area contributed by atoms with Crippen molar-refractivity contribution in [3.05, 3.63) is 23.8 Å². The third-order valence-electron chi connectivity index (χ3n) is 5.49. The lowest BCUT2D eigenvalue weighted by Crippen LogP contribution is -2.20. The molecule has 4 unspecified atom stereocenters. The normalized spacial score (nSPS) is 36.5. The molecule has 2 heteroatoms. The fourth-order valence-corrected chi connectivity index (χ4v) is 4.71. The molecule has 0 spiro atoms. The molecule has 4 atom stereocenters. The zero-order chi connectivity index (χ0) is 12.1. The van der Waals surface area contributed by atoms with E-state index in [9.17, 15) is 0 Å². The van der Waals surface area contributed by atoms with Crippen LogP contribution in [-0.4, -0.2) is 13.7 Å². The molecule has 1 heterocycles. The van der Waals surface area contributed by atoms with Crippen LogP contribution in [0, 0.1) is 17.8 Å². The maximum atomic E-state index is 5.47. The van der Waals surface area contributed by atoms with Crippen molar-refractivity contribution in [3.63, 3.8) is 0 Å². The molecule has 1 aromatic carbocycles. The highest BCUT2D eigenvalue weighted by Gasteiger charge is 2.45. The van der Waals surface area contributed by atoms with Crippen LogP contribution in [0.15, 0.2) is 18.2 Å². The quantitative estimate of drug-likeness (QED) is 0.856. The summed E-state index contributed by atoms with van der Waals surface area (Å²) in [6.07, 6.45) is 5.94. The van der Waals surface area contributed by atoms with Crippen molar-refractivity contribution in [3.8, 4) is 5.75 Å². The molecule has 3 aliphatic rings.